The van der Waals surface area contributed by atoms with Crippen LogP contribution in [0, 0.1) is 5.92 Å². The molecule has 0 aliphatic rings. The molecule has 0 heterocycles. The molecule has 0 aliphatic carbocycles. The molecule has 0 amide bonds. The summed E-state index contributed by atoms with van der Waals surface area (Å²) in [6.07, 6.45) is 24.0. The van der Waals surface area contributed by atoms with E-state index in [1.165, 1.54) is 103 Å². The van der Waals surface area contributed by atoms with E-state index in [1.807, 2.05) is 0 Å². The number of carbonyl (C=O) groups excluding carboxylic acids is 1. The van der Waals surface area contributed by atoms with Gasteiger partial charge in [-0.15, -0.1) is 0 Å². The van der Waals surface area contributed by atoms with Crippen molar-refractivity contribution in [1.29, 1.82) is 0 Å². The number of ketones is 1. The summed E-state index contributed by atoms with van der Waals surface area (Å²) >= 11 is 0. The summed E-state index contributed by atoms with van der Waals surface area (Å²) in [5.74, 6) is -1.61. The lowest BCUT2D eigenvalue weighted by atomic mass is 9.87. The molecule has 0 aromatic carbocycles. The average molecular weight is 514 g/mol. The second-order valence-electron chi connectivity index (χ2n) is 11.2. The van der Waals surface area contributed by atoms with Gasteiger partial charge >= 0.3 is 0 Å². The highest BCUT2D eigenvalue weighted by Gasteiger charge is 2.34. The number of hydrogen-bond donors (Lipinski definition) is 4. The van der Waals surface area contributed by atoms with Crippen LogP contribution in [-0.4, -0.2) is 39.5 Å². The fourth-order valence-electron chi connectivity index (χ4n) is 5.15. The second-order valence-corrected chi connectivity index (χ2v) is 11.2. The Morgan fingerprint density at radius 2 is 0.833 bits per heavy atom. The van der Waals surface area contributed by atoms with E-state index in [9.17, 15) is 20.1 Å². The molecule has 0 saturated carbocycles. The van der Waals surface area contributed by atoms with Crippen molar-refractivity contribution in [2.75, 3.05) is 0 Å². The van der Waals surface area contributed by atoms with Gasteiger partial charge in [-0.2, -0.15) is 0 Å². The molecule has 4 atom stereocenters. The monoisotopic (exact) mass is 513 g/mol. The molecule has 0 radical (unpaired) electrons. The van der Waals surface area contributed by atoms with Crippen molar-refractivity contribution in [3.05, 3.63) is 0 Å². The van der Waals surface area contributed by atoms with E-state index in [4.69, 9.17) is 5.73 Å². The standard InChI is InChI=1S/C31H63NO4/c1-3-5-7-9-11-13-14-15-16-18-19-21-23-25-27(33)29(31(32)36)30(35)28(34)26-24-22-20-17-12-10-8-6-4-2/h27-29,31,33-34,36H,3-26,32H2,1-2H3. The fraction of sp³-hybridized carbons (Fsp3) is 0.968. The third-order valence-corrected chi connectivity index (χ3v) is 7.62. The molecule has 0 bridgehead atoms. The van der Waals surface area contributed by atoms with Crippen LogP contribution in [0.15, 0.2) is 0 Å². The summed E-state index contributed by atoms with van der Waals surface area (Å²) in [5.41, 5.74) is 5.63. The molecular weight excluding hydrogens is 450 g/mol. The average Bonchev–Trinajstić information content (AvgIpc) is 2.85. The smallest absolute Gasteiger partial charge is 0.170 e. The molecule has 0 spiro atoms. The topological polar surface area (TPSA) is 104 Å². The molecule has 216 valence electrons. The Bertz CT molecular complexity index is 471. The molecule has 0 aromatic heterocycles. The normalized spacial score (nSPS) is 15.1. The maximum atomic E-state index is 12.7. The molecule has 0 saturated heterocycles. The number of rotatable bonds is 28. The van der Waals surface area contributed by atoms with Crippen molar-refractivity contribution >= 4 is 5.78 Å². The van der Waals surface area contributed by atoms with Crippen LogP contribution >= 0.6 is 0 Å². The van der Waals surface area contributed by atoms with E-state index in [-0.39, 0.29) is 0 Å². The van der Waals surface area contributed by atoms with Gasteiger partial charge in [-0.25, -0.2) is 0 Å². The van der Waals surface area contributed by atoms with Crippen molar-refractivity contribution in [3.8, 4) is 0 Å². The summed E-state index contributed by atoms with van der Waals surface area (Å²) in [7, 11) is 0. The first-order valence-electron chi connectivity index (χ1n) is 15.8. The minimum absolute atomic E-state index is 0.378. The van der Waals surface area contributed by atoms with Crippen LogP contribution in [-0.2, 0) is 4.79 Å². The first-order valence-corrected chi connectivity index (χ1v) is 15.8. The fourth-order valence-corrected chi connectivity index (χ4v) is 5.15. The third-order valence-electron chi connectivity index (χ3n) is 7.62. The van der Waals surface area contributed by atoms with Gasteiger partial charge in [-0.3, -0.25) is 4.79 Å². The molecule has 5 nitrogen and oxygen atoms in total. The van der Waals surface area contributed by atoms with E-state index in [0.717, 1.165) is 38.5 Å². The summed E-state index contributed by atoms with van der Waals surface area (Å²) in [4.78, 5) is 12.7. The first kappa shape index (κ1) is 35.5. The van der Waals surface area contributed by atoms with E-state index < -0.39 is 30.1 Å². The molecule has 36 heavy (non-hydrogen) atoms. The second kappa shape index (κ2) is 26.1. The van der Waals surface area contributed by atoms with Gasteiger partial charge in [0.1, 0.15) is 12.3 Å². The number of unbranched alkanes of at least 4 members (excludes halogenated alkanes) is 20. The molecular formula is C31H63NO4. The zero-order chi connectivity index (χ0) is 26.9. The van der Waals surface area contributed by atoms with Crippen LogP contribution in [0.5, 0.6) is 0 Å². The largest absolute Gasteiger partial charge is 0.392 e. The molecule has 0 aromatic rings. The summed E-state index contributed by atoms with van der Waals surface area (Å²) in [6, 6.07) is 0. The van der Waals surface area contributed by atoms with Crippen molar-refractivity contribution in [2.45, 2.75) is 186 Å². The van der Waals surface area contributed by atoms with E-state index in [0.29, 0.717) is 12.8 Å². The number of hydrogen-bond acceptors (Lipinski definition) is 5. The maximum Gasteiger partial charge on any atom is 0.170 e. The molecule has 0 aliphatic heterocycles. The molecule has 5 N–H and O–H groups in total. The number of Topliss-reactive ketones (excluding diaryl/α,β-unsaturated/α-hetero) is 1. The van der Waals surface area contributed by atoms with Gasteiger partial charge in [0.15, 0.2) is 5.78 Å². The van der Waals surface area contributed by atoms with Gasteiger partial charge < -0.3 is 21.1 Å². The lowest BCUT2D eigenvalue weighted by Crippen LogP contribution is -2.47. The van der Waals surface area contributed by atoms with Crippen molar-refractivity contribution in [2.24, 2.45) is 11.7 Å². The Morgan fingerprint density at radius 3 is 1.17 bits per heavy atom. The lowest BCUT2D eigenvalue weighted by Gasteiger charge is -2.26. The van der Waals surface area contributed by atoms with Gasteiger partial charge in [0, 0.05) is 0 Å². The zero-order valence-electron chi connectivity index (χ0n) is 24.1. The van der Waals surface area contributed by atoms with E-state index in [2.05, 4.69) is 13.8 Å². The van der Waals surface area contributed by atoms with Crippen LogP contribution in [0.2, 0.25) is 0 Å². The lowest BCUT2D eigenvalue weighted by molar-refractivity contribution is -0.140. The quantitative estimate of drug-likeness (QED) is 0.0638. The van der Waals surface area contributed by atoms with Crippen LogP contribution in [0.25, 0.3) is 0 Å². The minimum atomic E-state index is -1.44. The van der Waals surface area contributed by atoms with Crippen molar-refractivity contribution in [3.63, 3.8) is 0 Å². The molecule has 4 unspecified atom stereocenters. The Hall–Kier alpha value is -0.490. The Kier molecular flexibility index (Phi) is 25.8. The SMILES string of the molecule is CCCCCCCCCCCCCCCC(O)C(C(=O)C(O)CCCCCCCCCCC)C(N)O. The van der Waals surface area contributed by atoms with E-state index in [1.54, 1.807) is 0 Å². The Labute approximate surface area is 224 Å². The zero-order valence-corrected chi connectivity index (χ0v) is 24.1. The van der Waals surface area contributed by atoms with Crippen LogP contribution in [0.3, 0.4) is 0 Å². The van der Waals surface area contributed by atoms with Gasteiger partial charge in [0.05, 0.1) is 12.0 Å². The van der Waals surface area contributed by atoms with Crippen molar-refractivity contribution in [1.82, 2.24) is 0 Å². The first-order chi connectivity index (χ1) is 17.5. The van der Waals surface area contributed by atoms with E-state index >= 15 is 0 Å². The number of aliphatic hydroxyl groups is 3. The predicted molar refractivity (Wildman–Crippen MR) is 153 cm³/mol. The van der Waals surface area contributed by atoms with Gasteiger partial charge in [-0.1, -0.05) is 155 Å². The Balaban J connectivity index is 3.89. The van der Waals surface area contributed by atoms with Crippen LogP contribution in [0.1, 0.15) is 168 Å². The number of carbonyl (C=O) groups is 1. The molecule has 0 fully saturated rings. The van der Waals surface area contributed by atoms with Crippen molar-refractivity contribution < 1.29 is 20.1 Å². The Morgan fingerprint density at radius 1 is 0.528 bits per heavy atom. The highest BCUT2D eigenvalue weighted by molar-refractivity contribution is 5.86. The molecule has 5 heteroatoms. The minimum Gasteiger partial charge on any atom is -0.392 e. The highest BCUT2D eigenvalue weighted by Crippen LogP contribution is 2.20. The summed E-state index contributed by atoms with van der Waals surface area (Å²) in [6.45, 7) is 4.48. The maximum absolute atomic E-state index is 12.7. The van der Waals surface area contributed by atoms with Gasteiger partial charge in [0.2, 0.25) is 0 Å². The van der Waals surface area contributed by atoms with Gasteiger partial charge in [-0.05, 0) is 12.8 Å². The van der Waals surface area contributed by atoms with Gasteiger partial charge in [0.25, 0.3) is 0 Å². The van der Waals surface area contributed by atoms with Crippen LogP contribution in [0.4, 0.5) is 0 Å². The predicted octanol–water partition coefficient (Wildman–Crippen LogP) is 7.57. The molecule has 0 rings (SSSR count). The number of nitrogens with two attached hydrogens (primary N) is 1. The highest BCUT2D eigenvalue weighted by atomic mass is 16.3. The van der Waals surface area contributed by atoms with Crippen LogP contribution < -0.4 is 5.73 Å². The third kappa shape index (κ3) is 20.6. The summed E-state index contributed by atoms with van der Waals surface area (Å²) in [5, 5.41) is 30.8. The summed E-state index contributed by atoms with van der Waals surface area (Å²) < 4.78 is 0. The number of aliphatic hydroxyl groups excluding tert-OH is 3.